The Labute approximate surface area is 128 Å². The van der Waals surface area contributed by atoms with Crippen LogP contribution in [0.4, 0.5) is 10.5 Å². The molecule has 2 amide bonds. The number of anilines is 1. The lowest BCUT2D eigenvalue weighted by Crippen LogP contribution is -2.50. The Kier molecular flexibility index (Phi) is 5.23. The fraction of sp³-hybridized carbons (Fsp3) is 0.588. The Balaban J connectivity index is 1.87. The summed E-state index contributed by atoms with van der Waals surface area (Å²) in [6, 6.07) is 6.16. The van der Waals surface area contributed by atoms with E-state index in [0.717, 1.165) is 38.4 Å². The molecule has 2 rings (SSSR count). The number of hydrogen-bond acceptors (Lipinski definition) is 2. The van der Waals surface area contributed by atoms with Crippen molar-refractivity contribution in [2.45, 2.75) is 27.7 Å². The van der Waals surface area contributed by atoms with Crippen molar-refractivity contribution in [2.75, 3.05) is 38.0 Å². The van der Waals surface area contributed by atoms with E-state index in [9.17, 15) is 4.79 Å². The van der Waals surface area contributed by atoms with Crippen molar-refractivity contribution >= 4 is 11.7 Å². The Morgan fingerprint density at radius 1 is 1.10 bits per heavy atom. The summed E-state index contributed by atoms with van der Waals surface area (Å²) in [4.78, 5) is 16.7. The fourth-order valence-corrected chi connectivity index (χ4v) is 2.90. The van der Waals surface area contributed by atoms with E-state index in [1.807, 2.05) is 30.9 Å². The maximum Gasteiger partial charge on any atom is 0.321 e. The van der Waals surface area contributed by atoms with Crippen LogP contribution >= 0.6 is 0 Å². The van der Waals surface area contributed by atoms with E-state index in [4.69, 9.17) is 0 Å². The number of nitrogens with one attached hydrogen (secondary N) is 1. The number of carbonyl (C=O) groups is 1. The first-order valence-electron chi connectivity index (χ1n) is 7.80. The van der Waals surface area contributed by atoms with Crippen LogP contribution in [-0.4, -0.2) is 48.6 Å². The Bertz CT molecular complexity index is 471. The summed E-state index contributed by atoms with van der Waals surface area (Å²) in [5.74, 6) is 0.681. The molecule has 0 atom stereocenters. The SMILES string of the molecule is Cc1cc(C)cc(NC(=O)N2CCN(CC(C)C)CC2)c1. The summed E-state index contributed by atoms with van der Waals surface area (Å²) in [7, 11) is 0. The van der Waals surface area contributed by atoms with Crippen molar-refractivity contribution in [2.24, 2.45) is 5.92 Å². The van der Waals surface area contributed by atoms with E-state index < -0.39 is 0 Å². The third kappa shape index (κ3) is 4.74. The average molecular weight is 289 g/mol. The number of urea groups is 1. The quantitative estimate of drug-likeness (QED) is 0.928. The van der Waals surface area contributed by atoms with Crippen molar-refractivity contribution in [1.82, 2.24) is 9.80 Å². The van der Waals surface area contributed by atoms with Crippen LogP contribution in [0.1, 0.15) is 25.0 Å². The minimum atomic E-state index is 0.0178. The molecule has 4 heteroatoms. The number of aryl methyl sites for hydroxylation is 2. The van der Waals surface area contributed by atoms with Crippen molar-refractivity contribution in [3.05, 3.63) is 29.3 Å². The van der Waals surface area contributed by atoms with Crippen LogP contribution in [0, 0.1) is 19.8 Å². The van der Waals surface area contributed by atoms with E-state index in [0.29, 0.717) is 5.92 Å². The predicted octanol–water partition coefficient (Wildman–Crippen LogP) is 3.11. The second kappa shape index (κ2) is 6.94. The maximum atomic E-state index is 12.3. The highest BCUT2D eigenvalue weighted by atomic mass is 16.2. The number of rotatable bonds is 3. The van der Waals surface area contributed by atoms with Crippen LogP contribution in [0.5, 0.6) is 0 Å². The zero-order valence-corrected chi connectivity index (χ0v) is 13.6. The summed E-state index contributed by atoms with van der Waals surface area (Å²) >= 11 is 0. The molecule has 1 aliphatic rings. The highest BCUT2D eigenvalue weighted by Crippen LogP contribution is 2.15. The van der Waals surface area contributed by atoms with Gasteiger partial charge in [0.1, 0.15) is 0 Å². The molecule has 1 heterocycles. The van der Waals surface area contributed by atoms with Gasteiger partial charge in [0.05, 0.1) is 0 Å². The van der Waals surface area contributed by atoms with Gasteiger partial charge in [0.25, 0.3) is 0 Å². The lowest BCUT2D eigenvalue weighted by Gasteiger charge is -2.35. The molecule has 1 N–H and O–H groups in total. The molecule has 0 aliphatic carbocycles. The van der Waals surface area contributed by atoms with Crippen LogP contribution in [-0.2, 0) is 0 Å². The van der Waals surface area contributed by atoms with Gasteiger partial charge in [-0.05, 0) is 43.0 Å². The number of carbonyl (C=O) groups excluding carboxylic acids is 1. The minimum Gasteiger partial charge on any atom is -0.322 e. The minimum absolute atomic E-state index is 0.0178. The molecule has 4 nitrogen and oxygen atoms in total. The predicted molar refractivity (Wildman–Crippen MR) is 87.8 cm³/mol. The van der Waals surface area contributed by atoms with Crippen LogP contribution in [0.15, 0.2) is 18.2 Å². The molecule has 0 saturated carbocycles. The fourth-order valence-electron chi connectivity index (χ4n) is 2.90. The molecule has 0 radical (unpaired) electrons. The molecule has 1 aromatic carbocycles. The molecule has 0 aromatic heterocycles. The van der Waals surface area contributed by atoms with Crippen molar-refractivity contribution < 1.29 is 4.79 Å². The van der Waals surface area contributed by atoms with Gasteiger partial charge in [-0.1, -0.05) is 19.9 Å². The normalized spacial score (nSPS) is 16.3. The maximum absolute atomic E-state index is 12.3. The smallest absolute Gasteiger partial charge is 0.321 e. The van der Waals surface area contributed by atoms with Gasteiger partial charge in [-0.3, -0.25) is 4.90 Å². The molecule has 1 fully saturated rings. The first kappa shape index (κ1) is 15.8. The largest absolute Gasteiger partial charge is 0.322 e. The lowest BCUT2D eigenvalue weighted by atomic mass is 10.1. The molecule has 116 valence electrons. The second-order valence-electron chi connectivity index (χ2n) is 6.49. The highest BCUT2D eigenvalue weighted by Gasteiger charge is 2.21. The van der Waals surface area contributed by atoms with Gasteiger partial charge in [-0.15, -0.1) is 0 Å². The van der Waals surface area contributed by atoms with Crippen LogP contribution in [0.25, 0.3) is 0 Å². The molecule has 0 bridgehead atoms. The third-order valence-electron chi connectivity index (χ3n) is 3.76. The second-order valence-corrected chi connectivity index (χ2v) is 6.49. The number of piperazine rings is 1. The van der Waals surface area contributed by atoms with E-state index in [1.54, 1.807) is 0 Å². The number of benzene rings is 1. The molecule has 1 aliphatic heterocycles. The zero-order valence-electron chi connectivity index (χ0n) is 13.6. The Morgan fingerprint density at radius 2 is 1.67 bits per heavy atom. The summed E-state index contributed by atoms with van der Waals surface area (Å²) < 4.78 is 0. The first-order chi connectivity index (χ1) is 9.94. The monoisotopic (exact) mass is 289 g/mol. The van der Waals surface area contributed by atoms with E-state index in [2.05, 4.69) is 30.1 Å². The molecule has 0 spiro atoms. The van der Waals surface area contributed by atoms with Crippen LogP contribution in [0.3, 0.4) is 0 Å². The van der Waals surface area contributed by atoms with Crippen LogP contribution in [0.2, 0.25) is 0 Å². The lowest BCUT2D eigenvalue weighted by molar-refractivity contribution is 0.138. The molecule has 1 saturated heterocycles. The average Bonchev–Trinajstić information content (AvgIpc) is 2.37. The third-order valence-corrected chi connectivity index (χ3v) is 3.76. The number of nitrogens with zero attached hydrogens (tertiary/aromatic N) is 2. The van der Waals surface area contributed by atoms with Gasteiger partial charge in [0.15, 0.2) is 0 Å². The van der Waals surface area contributed by atoms with Crippen molar-refractivity contribution in [3.8, 4) is 0 Å². The number of amides is 2. The standard InChI is InChI=1S/C17H27N3O/c1-13(2)12-19-5-7-20(8-6-19)17(21)18-16-10-14(3)9-15(4)11-16/h9-11,13H,5-8,12H2,1-4H3,(H,18,21). The van der Waals surface area contributed by atoms with Gasteiger partial charge >= 0.3 is 6.03 Å². The molecular formula is C17H27N3O. The van der Waals surface area contributed by atoms with Gasteiger partial charge in [0, 0.05) is 38.4 Å². The van der Waals surface area contributed by atoms with Gasteiger partial charge < -0.3 is 10.2 Å². The van der Waals surface area contributed by atoms with Gasteiger partial charge in [0.2, 0.25) is 0 Å². The molecule has 21 heavy (non-hydrogen) atoms. The summed E-state index contributed by atoms with van der Waals surface area (Å²) in [5.41, 5.74) is 3.24. The van der Waals surface area contributed by atoms with Crippen LogP contribution < -0.4 is 5.32 Å². The van der Waals surface area contributed by atoms with Gasteiger partial charge in [-0.2, -0.15) is 0 Å². The zero-order chi connectivity index (χ0) is 15.4. The highest BCUT2D eigenvalue weighted by molar-refractivity contribution is 5.89. The summed E-state index contributed by atoms with van der Waals surface area (Å²) in [6.45, 7) is 13.2. The topological polar surface area (TPSA) is 35.6 Å². The summed E-state index contributed by atoms with van der Waals surface area (Å²) in [5, 5.41) is 3.02. The summed E-state index contributed by atoms with van der Waals surface area (Å²) in [6.07, 6.45) is 0. The first-order valence-corrected chi connectivity index (χ1v) is 7.80. The molecule has 0 unspecified atom stereocenters. The number of hydrogen-bond donors (Lipinski definition) is 1. The molecular weight excluding hydrogens is 262 g/mol. The van der Waals surface area contributed by atoms with E-state index in [-0.39, 0.29) is 6.03 Å². The van der Waals surface area contributed by atoms with E-state index in [1.165, 1.54) is 11.1 Å². The van der Waals surface area contributed by atoms with Crippen molar-refractivity contribution in [1.29, 1.82) is 0 Å². The van der Waals surface area contributed by atoms with Gasteiger partial charge in [-0.25, -0.2) is 4.79 Å². The Hall–Kier alpha value is -1.55. The molecule has 1 aromatic rings. The van der Waals surface area contributed by atoms with Crippen molar-refractivity contribution in [3.63, 3.8) is 0 Å². The van der Waals surface area contributed by atoms with E-state index >= 15 is 0 Å². The Morgan fingerprint density at radius 3 is 2.19 bits per heavy atom.